The number of nitriles is 1. The van der Waals surface area contributed by atoms with E-state index in [2.05, 4.69) is 6.07 Å². The summed E-state index contributed by atoms with van der Waals surface area (Å²) in [5.74, 6) is -0.619. The lowest BCUT2D eigenvalue weighted by Crippen LogP contribution is -2.25. The van der Waals surface area contributed by atoms with Crippen LogP contribution in [0, 0.1) is 24.2 Å². The highest BCUT2D eigenvalue weighted by atomic mass is 35.7. The Labute approximate surface area is 122 Å². The number of hydrogen-bond donors (Lipinski definition) is 0. The van der Waals surface area contributed by atoms with Crippen molar-refractivity contribution in [2.45, 2.75) is 13.3 Å². The largest absolute Gasteiger partial charge is 0.312 e. The summed E-state index contributed by atoms with van der Waals surface area (Å²) in [4.78, 5) is 13.5. The van der Waals surface area contributed by atoms with E-state index in [0.29, 0.717) is 17.8 Å². The second kappa shape index (κ2) is 5.43. The lowest BCUT2D eigenvalue weighted by atomic mass is 10.1. The van der Waals surface area contributed by atoms with Gasteiger partial charge in [-0.25, -0.2) is 8.42 Å². The van der Waals surface area contributed by atoms with E-state index in [-0.39, 0.29) is 24.0 Å². The van der Waals surface area contributed by atoms with Crippen LogP contribution in [0.1, 0.15) is 17.5 Å². The predicted octanol–water partition coefficient (Wildman–Crippen LogP) is 1.79. The van der Waals surface area contributed by atoms with E-state index in [1.807, 2.05) is 0 Å². The highest BCUT2D eigenvalue weighted by molar-refractivity contribution is 8.13. The Hall–Kier alpha value is -1.58. The minimum Gasteiger partial charge on any atom is -0.312 e. The molecule has 1 aromatic carbocycles. The van der Waals surface area contributed by atoms with E-state index >= 15 is 0 Å². The van der Waals surface area contributed by atoms with Crippen LogP contribution >= 0.6 is 10.7 Å². The molecular formula is C13H13ClN2O3S. The molecule has 1 aliphatic rings. The molecule has 0 spiro atoms. The van der Waals surface area contributed by atoms with E-state index in [1.165, 1.54) is 0 Å². The van der Waals surface area contributed by atoms with Crippen LogP contribution in [0.2, 0.25) is 0 Å². The number of halogens is 1. The summed E-state index contributed by atoms with van der Waals surface area (Å²) in [6, 6.07) is 7.17. The number of nitrogens with zero attached hydrogens (tertiary/aromatic N) is 2. The summed E-state index contributed by atoms with van der Waals surface area (Å²) in [6.45, 7) is 2.12. The summed E-state index contributed by atoms with van der Waals surface area (Å²) < 4.78 is 22.1. The number of carbonyl (C=O) groups excluding carboxylic acids is 1. The number of rotatable bonds is 3. The fourth-order valence-electron chi connectivity index (χ4n) is 2.37. The Morgan fingerprint density at radius 1 is 1.50 bits per heavy atom. The summed E-state index contributed by atoms with van der Waals surface area (Å²) in [6.07, 6.45) is 0.172. The molecule has 0 bridgehead atoms. The van der Waals surface area contributed by atoms with Crippen molar-refractivity contribution in [3.05, 3.63) is 29.3 Å². The van der Waals surface area contributed by atoms with Crippen molar-refractivity contribution in [1.82, 2.24) is 0 Å². The standard InChI is InChI=1S/C13H13ClN2O3S/c1-9-4-12(3-2-11(9)6-15)16-7-10(5-13(16)17)8-20(14,18)19/h2-4,10H,5,7-8H2,1H3. The zero-order chi connectivity index (χ0) is 14.9. The van der Waals surface area contributed by atoms with Crippen LogP contribution in [0.25, 0.3) is 0 Å². The summed E-state index contributed by atoms with van der Waals surface area (Å²) >= 11 is 0. The molecule has 0 saturated carbocycles. The molecule has 1 fully saturated rings. The maximum Gasteiger partial charge on any atom is 0.232 e. The lowest BCUT2D eigenvalue weighted by Gasteiger charge is -2.17. The molecule has 0 radical (unpaired) electrons. The molecule has 1 amide bonds. The van der Waals surface area contributed by atoms with Crippen LogP contribution in [0.4, 0.5) is 5.69 Å². The predicted molar refractivity (Wildman–Crippen MR) is 76.0 cm³/mol. The van der Waals surface area contributed by atoms with E-state index < -0.39 is 9.05 Å². The van der Waals surface area contributed by atoms with Crippen molar-refractivity contribution in [2.24, 2.45) is 5.92 Å². The molecule has 106 valence electrons. The van der Waals surface area contributed by atoms with Gasteiger partial charge in [0, 0.05) is 35.3 Å². The Morgan fingerprint density at radius 2 is 2.20 bits per heavy atom. The van der Waals surface area contributed by atoms with Gasteiger partial charge in [-0.3, -0.25) is 4.79 Å². The normalized spacial score (nSPS) is 19.1. The number of hydrogen-bond acceptors (Lipinski definition) is 4. The molecule has 0 aromatic heterocycles. The third-order valence-electron chi connectivity index (χ3n) is 3.28. The minimum atomic E-state index is -3.61. The number of aryl methyl sites for hydroxylation is 1. The Balaban J connectivity index is 2.20. The van der Waals surface area contributed by atoms with Gasteiger partial charge in [0.2, 0.25) is 15.0 Å². The van der Waals surface area contributed by atoms with Crippen molar-refractivity contribution in [3.63, 3.8) is 0 Å². The van der Waals surface area contributed by atoms with Crippen molar-refractivity contribution in [3.8, 4) is 6.07 Å². The smallest absolute Gasteiger partial charge is 0.232 e. The van der Waals surface area contributed by atoms with E-state index in [4.69, 9.17) is 15.9 Å². The molecular weight excluding hydrogens is 300 g/mol. The molecule has 0 N–H and O–H groups in total. The monoisotopic (exact) mass is 312 g/mol. The van der Waals surface area contributed by atoms with Gasteiger partial charge in [0.1, 0.15) is 0 Å². The number of amides is 1. The fourth-order valence-corrected chi connectivity index (χ4v) is 3.69. The van der Waals surface area contributed by atoms with Gasteiger partial charge in [0.25, 0.3) is 0 Å². The third-order valence-corrected chi connectivity index (χ3v) is 4.53. The summed E-state index contributed by atoms with van der Waals surface area (Å²) in [5.41, 5.74) is 2.02. The number of anilines is 1. The average Bonchev–Trinajstić information content (AvgIpc) is 2.67. The molecule has 5 nitrogen and oxygen atoms in total. The van der Waals surface area contributed by atoms with Gasteiger partial charge in [-0.1, -0.05) is 0 Å². The first-order valence-corrected chi connectivity index (χ1v) is 8.51. The molecule has 1 aromatic rings. The summed E-state index contributed by atoms with van der Waals surface area (Å²) in [7, 11) is 1.62. The summed E-state index contributed by atoms with van der Waals surface area (Å²) in [5, 5.41) is 8.88. The van der Waals surface area contributed by atoms with Gasteiger partial charge < -0.3 is 4.90 Å². The van der Waals surface area contributed by atoms with Gasteiger partial charge in [0.15, 0.2) is 0 Å². The van der Waals surface area contributed by atoms with Crippen LogP contribution in [-0.2, 0) is 13.8 Å². The zero-order valence-corrected chi connectivity index (χ0v) is 12.4. The molecule has 20 heavy (non-hydrogen) atoms. The number of benzene rings is 1. The Bertz CT molecular complexity index is 694. The van der Waals surface area contributed by atoms with Crippen molar-refractivity contribution in [2.75, 3.05) is 17.2 Å². The quantitative estimate of drug-likeness (QED) is 0.797. The van der Waals surface area contributed by atoms with Crippen molar-refractivity contribution in [1.29, 1.82) is 5.26 Å². The lowest BCUT2D eigenvalue weighted by molar-refractivity contribution is -0.117. The zero-order valence-electron chi connectivity index (χ0n) is 10.8. The maximum atomic E-state index is 12.0. The Morgan fingerprint density at radius 3 is 2.75 bits per heavy atom. The van der Waals surface area contributed by atoms with Crippen molar-refractivity contribution < 1.29 is 13.2 Å². The third kappa shape index (κ3) is 3.30. The molecule has 7 heteroatoms. The first-order valence-electron chi connectivity index (χ1n) is 6.03. The van der Waals surface area contributed by atoms with Crippen LogP contribution in [0.3, 0.4) is 0 Å². The highest BCUT2D eigenvalue weighted by Crippen LogP contribution is 2.28. The molecule has 1 saturated heterocycles. The van der Waals surface area contributed by atoms with Crippen LogP contribution in [-0.4, -0.2) is 26.6 Å². The SMILES string of the molecule is Cc1cc(N2CC(CS(=O)(=O)Cl)CC2=O)ccc1C#N. The molecule has 2 rings (SSSR count). The first-order chi connectivity index (χ1) is 9.30. The highest BCUT2D eigenvalue weighted by Gasteiger charge is 2.33. The van der Waals surface area contributed by atoms with E-state index in [9.17, 15) is 13.2 Å². The fraction of sp³-hybridized carbons (Fsp3) is 0.385. The van der Waals surface area contributed by atoms with Crippen LogP contribution in [0.15, 0.2) is 18.2 Å². The Kier molecular flexibility index (Phi) is 4.02. The topological polar surface area (TPSA) is 78.2 Å². The molecule has 1 atom stereocenters. The van der Waals surface area contributed by atoms with Crippen LogP contribution < -0.4 is 4.90 Å². The second-order valence-electron chi connectivity index (χ2n) is 4.89. The van der Waals surface area contributed by atoms with Gasteiger partial charge >= 0.3 is 0 Å². The van der Waals surface area contributed by atoms with Crippen molar-refractivity contribution >= 4 is 31.3 Å². The van der Waals surface area contributed by atoms with Gasteiger partial charge in [-0.15, -0.1) is 0 Å². The van der Waals surface area contributed by atoms with E-state index in [1.54, 1.807) is 30.0 Å². The average molecular weight is 313 g/mol. The second-order valence-corrected chi connectivity index (χ2v) is 7.71. The first kappa shape index (κ1) is 14.8. The maximum absolute atomic E-state index is 12.0. The molecule has 1 heterocycles. The molecule has 0 aliphatic carbocycles. The number of carbonyl (C=O) groups is 1. The van der Waals surface area contributed by atoms with Gasteiger partial charge in [0.05, 0.1) is 17.4 Å². The van der Waals surface area contributed by atoms with Crippen LogP contribution in [0.5, 0.6) is 0 Å². The van der Waals surface area contributed by atoms with Gasteiger partial charge in [-0.05, 0) is 30.7 Å². The van der Waals surface area contributed by atoms with E-state index in [0.717, 1.165) is 5.56 Å². The minimum absolute atomic E-state index is 0.126. The van der Waals surface area contributed by atoms with Gasteiger partial charge in [-0.2, -0.15) is 5.26 Å². The molecule has 1 aliphatic heterocycles. The molecule has 1 unspecified atom stereocenters.